The third-order valence-electron chi connectivity index (χ3n) is 4.42. The molecule has 2 N–H and O–H groups in total. The first-order valence-corrected chi connectivity index (χ1v) is 7.60. The van der Waals surface area contributed by atoms with E-state index in [1.165, 1.54) is 0 Å². The zero-order valence-electron chi connectivity index (χ0n) is 12.0. The van der Waals surface area contributed by atoms with Crippen molar-refractivity contribution >= 4 is 23.3 Å². The Kier molecular flexibility index (Phi) is 4.74. The number of hydrogen-bond acceptors (Lipinski definition) is 3. The first-order chi connectivity index (χ1) is 10.0. The summed E-state index contributed by atoms with van der Waals surface area (Å²) in [4.78, 5) is 11.7. The normalized spacial score (nSPS) is 25.1. The summed E-state index contributed by atoms with van der Waals surface area (Å²) in [6.07, 6.45) is 4.15. The molecule has 0 radical (unpaired) electrons. The zero-order chi connectivity index (χ0) is 15.5. The Bertz CT molecular complexity index is 572. The molecule has 0 heterocycles. The van der Waals surface area contributed by atoms with Gasteiger partial charge in [0.2, 0.25) is 0 Å². The predicted octanol–water partition coefficient (Wildman–Crippen LogP) is 4.05. The standard InChI is InChI=1S/C16H19ClN2O2/c1-2-11-5-7-16(8-6-11,15(20)21)19-13-4-3-12(10-18)14(17)9-13/h3-4,9,11,19H,2,5-8H2,1H3,(H,20,21). The molecule has 1 fully saturated rings. The van der Waals surface area contributed by atoms with Crippen LogP contribution in [-0.4, -0.2) is 16.6 Å². The van der Waals surface area contributed by atoms with Gasteiger partial charge in [-0.05, 0) is 49.8 Å². The molecule has 1 aromatic carbocycles. The summed E-state index contributed by atoms with van der Waals surface area (Å²) < 4.78 is 0. The maximum absolute atomic E-state index is 11.7. The van der Waals surface area contributed by atoms with Crippen LogP contribution in [0, 0.1) is 17.2 Å². The van der Waals surface area contributed by atoms with Crippen molar-refractivity contribution in [1.29, 1.82) is 5.26 Å². The highest BCUT2D eigenvalue weighted by Gasteiger charge is 2.41. The summed E-state index contributed by atoms with van der Waals surface area (Å²) in [5.74, 6) is -0.207. The summed E-state index contributed by atoms with van der Waals surface area (Å²) in [7, 11) is 0. The Morgan fingerprint density at radius 1 is 1.52 bits per heavy atom. The van der Waals surface area contributed by atoms with Gasteiger partial charge in [-0.25, -0.2) is 4.79 Å². The number of nitrogens with one attached hydrogen (secondary N) is 1. The second kappa shape index (κ2) is 6.36. The average Bonchev–Trinajstić information content (AvgIpc) is 2.48. The van der Waals surface area contributed by atoms with Crippen LogP contribution in [0.1, 0.15) is 44.6 Å². The molecule has 0 saturated heterocycles. The number of carbonyl (C=O) groups is 1. The molecule has 21 heavy (non-hydrogen) atoms. The highest BCUT2D eigenvalue weighted by molar-refractivity contribution is 6.32. The minimum atomic E-state index is -0.927. The quantitative estimate of drug-likeness (QED) is 0.880. The SMILES string of the molecule is CCC1CCC(Nc2ccc(C#N)c(Cl)c2)(C(=O)O)CC1. The van der Waals surface area contributed by atoms with Crippen molar-refractivity contribution in [3.8, 4) is 6.07 Å². The van der Waals surface area contributed by atoms with E-state index in [2.05, 4.69) is 12.2 Å². The van der Waals surface area contributed by atoms with Crippen LogP contribution in [-0.2, 0) is 4.79 Å². The number of carboxylic acids is 1. The van der Waals surface area contributed by atoms with Gasteiger partial charge in [0.25, 0.3) is 0 Å². The Morgan fingerprint density at radius 2 is 2.19 bits per heavy atom. The zero-order valence-corrected chi connectivity index (χ0v) is 12.8. The molecule has 0 bridgehead atoms. The number of nitrogens with zero attached hydrogens (tertiary/aromatic N) is 1. The van der Waals surface area contributed by atoms with Crippen LogP contribution < -0.4 is 5.32 Å². The summed E-state index contributed by atoms with van der Waals surface area (Å²) in [5.41, 5.74) is 0.112. The highest BCUT2D eigenvalue weighted by atomic mass is 35.5. The lowest BCUT2D eigenvalue weighted by Crippen LogP contribution is -2.49. The van der Waals surface area contributed by atoms with E-state index < -0.39 is 11.5 Å². The number of rotatable bonds is 4. The van der Waals surface area contributed by atoms with Gasteiger partial charge in [0.05, 0.1) is 10.6 Å². The number of nitriles is 1. The monoisotopic (exact) mass is 306 g/mol. The van der Waals surface area contributed by atoms with Crippen LogP contribution in [0.5, 0.6) is 0 Å². The second-order valence-electron chi connectivity index (χ2n) is 5.67. The van der Waals surface area contributed by atoms with Gasteiger partial charge in [-0.1, -0.05) is 24.9 Å². The van der Waals surface area contributed by atoms with Gasteiger partial charge >= 0.3 is 5.97 Å². The lowest BCUT2D eigenvalue weighted by Gasteiger charge is -2.38. The molecule has 5 heteroatoms. The minimum absolute atomic E-state index is 0.338. The Labute approximate surface area is 129 Å². The molecule has 0 unspecified atom stereocenters. The summed E-state index contributed by atoms with van der Waals surface area (Å²) in [6, 6.07) is 6.94. The largest absolute Gasteiger partial charge is 0.480 e. The number of aliphatic carboxylic acids is 1. The van der Waals surface area contributed by atoms with Crippen molar-refractivity contribution in [2.24, 2.45) is 5.92 Å². The summed E-state index contributed by atoms with van der Waals surface area (Å²) in [5, 5.41) is 22.0. The number of benzene rings is 1. The van der Waals surface area contributed by atoms with Gasteiger partial charge in [-0.2, -0.15) is 5.26 Å². The van der Waals surface area contributed by atoms with E-state index >= 15 is 0 Å². The number of carboxylic acid groups (broad SMARTS) is 1. The predicted molar refractivity (Wildman–Crippen MR) is 82.4 cm³/mol. The Balaban J connectivity index is 2.20. The van der Waals surface area contributed by atoms with Crippen LogP contribution in [0.25, 0.3) is 0 Å². The van der Waals surface area contributed by atoms with Crippen molar-refractivity contribution in [1.82, 2.24) is 0 Å². The average molecular weight is 307 g/mol. The molecule has 0 aromatic heterocycles. The molecule has 2 rings (SSSR count). The maximum Gasteiger partial charge on any atom is 0.329 e. The number of halogens is 1. The van der Waals surface area contributed by atoms with Crippen LogP contribution in [0.3, 0.4) is 0 Å². The van der Waals surface area contributed by atoms with Crippen LogP contribution in [0.2, 0.25) is 5.02 Å². The summed E-state index contributed by atoms with van der Waals surface area (Å²) >= 11 is 6.01. The number of hydrogen-bond donors (Lipinski definition) is 2. The fraction of sp³-hybridized carbons (Fsp3) is 0.500. The highest BCUT2D eigenvalue weighted by Crippen LogP contribution is 2.37. The van der Waals surface area contributed by atoms with Gasteiger partial charge in [-0.3, -0.25) is 0 Å². The molecule has 0 aliphatic heterocycles. The van der Waals surface area contributed by atoms with Gasteiger partial charge in [-0.15, -0.1) is 0 Å². The molecule has 4 nitrogen and oxygen atoms in total. The molecule has 0 atom stereocenters. The minimum Gasteiger partial charge on any atom is -0.480 e. The Morgan fingerprint density at radius 3 is 2.67 bits per heavy atom. The summed E-state index contributed by atoms with van der Waals surface area (Å²) in [6.45, 7) is 2.15. The van der Waals surface area contributed by atoms with E-state index in [4.69, 9.17) is 16.9 Å². The van der Waals surface area contributed by atoms with E-state index in [0.29, 0.717) is 35.0 Å². The van der Waals surface area contributed by atoms with Crippen LogP contribution in [0.4, 0.5) is 5.69 Å². The van der Waals surface area contributed by atoms with Crippen molar-refractivity contribution < 1.29 is 9.90 Å². The van der Waals surface area contributed by atoms with Crippen molar-refractivity contribution in [3.63, 3.8) is 0 Å². The molecular weight excluding hydrogens is 288 g/mol. The van der Waals surface area contributed by atoms with Crippen molar-refractivity contribution in [2.45, 2.75) is 44.6 Å². The van der Waals surface area contributed by atoms with E-state index in [9.17, 15) is 9.90 Å². The number of anilines is 1. The lowest BCUT2D eigenvalue weighted by molar-refractivity contribution is -0.143. The molecular formula is C16H19ClN2O2. The molecule has 1 aromatic rings. The van der Waals surface area contributed by atoms with E-state index in [1.807, 2.05) is 6.07 Å². The Hall–Kier alpha value is -1.73. The topological polar surface area (TPSA) is 73.1 Å². The maximum atomic E-state index is 11.7. The van der Waals surface area contributed by atoms with Gasteiger partial charge in [0.15, 0.2) is 0 Å². The lowest BCUT2D eigenvalue weighted by atomic mass is 9.75. The van der Waals surface area contributed by atoms with Gasteiger partial charge in [0, 0.05) is 5.69 Å². The van der Waals surface area contributed by atoms with Gasteiger partial charge in [0.1, 0.15) is 11.6 Å². The van der Waals surface area contributed by atoms with Gasteiger partial charge < -0.3 is 10.4 Å². The molecule has 0 spiro atoms. The third kappa shape index (κ3) is 3.30. The second-order valence-corrected chi connectivity index (χ2v) is 6.08. The molecule has 1 aliphatic rings. The van der Waals surface area contributed by atoms with Crippen molar-refractivity contribution in [3.05, 3.63) is 28.8 Å². The molecule has 1 aliphatic carbocycles. The van der Waals surface area contributed by atoms with E-state index in [0.717, 1.165) is 19.3 Å². The fourth-order valence-electron chi connectivity index (χ4n) is 2.93. The molecule has 0 amide bonds. The third-order valence-corrected chi connectivity index (χ3v) is 4.73. The van der Waals surface area contributed by atoms with Crippen LogP contribution in [0.15, 0.2) is 18.2 Å². The van der Waals surface area contributed by atoms with E-state index in [-0.39, 0.29) is 0 Å². The van der Waals surface area contributed by atoms with Crippen LogP contribution >= 0.6 is 11.6 Å². The molecule has 1 saturated carbocycles. The molecule has 112 valence electrons. The first kappa shape index (κ1) is 15.7. The smallest absolute Gasteiger partial charge is 0.329 e. The van der Waals surface area contributed by atoms with Crippen molar-refractivity contribution in [2.75, 3.05) is 5.32 Å². The van der Waals surface area contributed by atoms with E-state index in [1.54, 1.807) is 18.2 Å². The fourth-order valence-corrected chi connectivity index (χ4v) is 3.15. The first-order valence-electron chi connectivity index (χ1n) is 7.22.